The summed E-state index contributed by atoms with van der Waals surface area (Å²) in [5.41, 5.74) is 7.80. The zero-order valence-corrected chi connectivity index (χ0v) is 11.5. The zero-order valence-electron chi connectivity index (χ0n) is 11.5. The molecule has 2 aromatic rings. The molecule has 0 aliphatic carbocycles. The SMILES string of the molecule is CC(CCN)C(=O)NCc1cn(C)c2ccccc12. The van der Waals surface area contributed by atoms with Gasteiger partial charge in [-0.25, -0.2) is 0 Å². The third-order valence-electron chi connectivity index (χ3n) is 3.48. The highest BCUT2D eigenvalue weighted by Crippen LogP contribution is 2.20. The van der Waals surface area contributed by atoms with Crippen LogP contribution in [0.15, 0.2) is 30.5 Å². The molecule has 0 bridgehead atoms. The number of hydrogen-bond donors (Lipinski definition) is 2. The lowest BCUT2D eigenvalue weighted by Crippen LogP contribution is -2.29. The van der Waals surface area contributed by atoms with E-state index < -0.39 is 0 Å². The van der Waals surface area contributed by atoms with Crippen LogP contribution >= 0.6 is 0 Å². The maximum Gasteiger partial charge on any atom is 0.223 e. The Labute approximate surface area is 113 Å². The van der Waals surface area contributed by atoms with E-state index in [0.29, 0.717) is 13.1 Å². The van der Waals surface area contributed by atoms with Crippen LogP contribution in [-0.4, -0.2) is 17.0 Å². The molecule has 102 valence electrons. The van der Waals surface area contributed by atoms with Crippen LogP contribution in [0.3, 0.4) is 0 Å². The summed E-state index contributed by atoms with van der Waals surface area (Å²) in [6.07, 6.45) is 2.79. The molecule has 1 atom stereocenters. The molecule has 0 radical (unpaired) electrons. The molecule has 1 aromatic heterocycles. The van der Waals surface area contributed by atoms with Crippen LogP contribution in [0.25, 0.3) is 10.9 Å². The number of rotatable bonds is 5. The summed E-state index contributed by atoms with van der Waals surface area (Å²) >= 11 is 0. The summed E-state index contributed by atoms with van der Waals surface area (Å²) < 4.78 is 2.08. The van der Waals surface area contributed by atoms with Gasteiger partial charge in [0.25, 0.3) is 0 Å². The summed E-state index contributed by atoms with van der Waals surface area (Å²) in [7, 11) is 2.02. The molecule has 0 saturated heterocycles. The number of aryl methyl sites for hydroxylation is 1. The minimum atomic E-state index is -0.0278. The zero-order chi connectivity index (χ0) is 13.8. The first-order valence-corrected chi connectivity index (χ1v) is 6.64. The van der Waals surface area contributed by atoms with Gasteiger partial charge in [0, 0.05) is 36.6 Å². The first kappa shape index (κ1) is 13.6. The summed E-state index contributed by atoms with van der Waals surface area (Å²) in [5.74, 6) is 0.0401. The Balaban J connectivity index is 2.08. The topological polar surface area (TPSA) is 60.1 Å². The third-order valence-corrected chi connectivity index (χ3v) is 3.48. The van der Waals surface area contributed by atoms with Crippen LogP contribution in [0.1, 0.15) is 18.9 Å². The van der Waals surface area contributed by atoms with Gasteiger partial charge in [0.05, 0.1) is 0 Å². The van der Waals surface area contributed by atoms with Gasteiger partial charge in [0.1, 0.15) is 0 Å². The molecule has 4 nitrogen and oxygen atoms in total. The van der Waals surface area contributed by atoms with Crippen molar-refractivity contribution in [3.8, 4) is 0 Å². The summed E-state index contributed by atoms with van der Waals surface area (Å²) in [6.45, 7) is 3.02. The fourth-order valence-corrected chi connectivity index (χ4v) is 2.30. The lowest BCUT2D eigenvalue weighted by atomic mass is 10.1. The molecule has 3 N–H and O–H groups in total. The molecule has 1 aromatic carbocycles. The van der Waals surface area contributed by atoms with Crippen LogP contribution < -0.4 is 11.1 Å². The number of carbonyl (C=O) groups excluding carboxylic acids is 1. The number of aromatic nitrogens is 1. The molecule has 0 aliphatic rings. The molecule has 0 spiro atoms. The number of nitrogens with one attached hydrogen (secondary N) is 1. The number of amides is 1. The van der Waals surface area contributed by atoms with Crippen LogP contribution in [0.4, 0.5) is 0 Å². The van der Waals surface area contributed by atoms with Crippen molar-refractivity contribution in [2.75, 3.05) is 6.54 Å². The van der Waals surface area contributed by atoms with E-state index in [2.05, 4.69) is 28.2 Å². The molecule has 1 amide bonds. The summed E-state index contributed by atoms with van der Waals surface area (Å²) in [6, 6.07) is 8.20. The predicted octanol–water partition coefficient (Wildman–Crippen LogP) is 1.78. The van der Waals surface area contributed by atoms with Crippen molar-refractivity contribution in [2.45, 2.75) is 19.9 Å². The van der Waals surface area contributed by atoms with Crippen molar-refractivity contribution in [2.24, 2.45) is 18.7 Å². The number of fused-ring (bicyclic) bond motifs is 1. The number of nitrogens with two attached hydrogens (primary N) is 1. The van der Waals surface area contributed by atoms with Gasteiger partial charge < -0.3 is 15.6 Å². The summed E-state index contributed by atoms with van der Waals surface area (Å²) in [5, 5.41) is 4.17. The van der Waals surface area contributed by atoms with E-state index >= 15 is 0 Å². The minimum Gasteiger partial charge on any atom is -0.352 e. The van der Waals surface area contributed by atoms with Crippen molar-refractivity contribution in [3.63, 3.8) is 0 Å². The fourth-order valence-electron chi connectivity index (χ4n) is 2.30. The standard InChI is InChI=1S/C15H21N3O/c1-11(7-8-16)15(19)17-9-12-10-18(2)14-6-4-3-5-13(12)14/h3-6,10-11H,7-9,16H2,1-2H3,(H,17,19). The Bertz CT molecular complexity index is 574. The highest BCUT2D eigenvalue weighted by Gasteiger charge is 2.12. The highest BCUT2D eigenvalue weighted by atomic mass is 16.1. The van der Waals surface area contributed by atoms with Gasteiger partial charge >= 0.3 is 0 Å². The second-order valence-corrected chi connectivity index (χ2v) is 4.98. The number of hydrogen-bond acceptors (Lipinski definition) is 2. The Kier molecular flexibility index (Phi) is 4.22. The maximum atomic E-state index is 11.9. The molecule has 0 aliphatic heterocycles. The average Bonchev–Trinajstić information content (AvgIpc) is 2.74. The number of nitrogens with zero attached hydrogens (tertiary/aromatic N) is 1. The number of para-hydroxylation sites is 1. The first-order chi connectivity index (χ1) is 9.13. The van der Waals surface area contributed by atoms with Crippen LogP contribution in [0.2, 0.25) is 0 Å². The Morgan fingerprint density at radius 2 is 2.16 bits per heavy atom. The Hall–Kier alpha value is -1.81. The molecule has 4 heteroatoms. The van der Waals surface area contributed by atoms with Crippen molar-refractivity contribution < 1.29 is 4.79 Å². The molecule has 0 fully saturated rings. The van der Waals surface area contributed by atoms with Gasteiger partial charge in [0.2, 0.25) is 5.91 Å². The van der Waals surface area contributed by atoms with E-state index in [1.807, 2.05) is 26.1 Å². The molecule has 19 heavy (non-hydrogen) atoms. The van der Waals surface area contributed by atoms with Gasteiger partial charge in [-0.15, -0.1) is 0 Å². The van der Waals surface area contributed by atoms with Crippen LogP contribution in [-0.2, 0) is 18.4 Å². The van der Waals surface area contributed by atoms with E-state index in [1.165, 1.54) is 10.9 Å². The predicted molar refractivity (Wildman–Crippen MR) is 77.6 cm³/mol. The second-order valence-electron chi connectivity index (χ2n) is 4.98. The molecular weight excluding hydrogens is 238 g/mol. The lowest BCUT2D eigenvalue weighted by molar-refractivity contribution is -0.124. The lowest BCUT2D eigenvalue weighted by Gasteiger charge is -2.10. The highest BCUT2D eigenvalue weighted by molar-refractivity contribution is 5.85. The maximum absolute atomic E-state index is 11.9. The van der Waals surface area contributed by atoms with E-state index in [9.17, 15) is 4.79 Å². The average molecular weight is 259 g/mol. The first-order valence-electron chi connectivity index (χ1n) is 6.64. The van der Waals surface area contributed by atoms with E-state index in [-0.39, 0.29) is 11.8 Å². The number of benzene rings is 1. The molecule has 1 unspecified atom stereocenters. The molecule has 1 heterocycles. The van der Waals surface area contributed by atoms with Gasteiger partial charge in [-0.2, -0.15) is 0 Å². The largest absolute Gasteiger partial charge is 0.352 e. The van der Waals surface area contributed by atoms with Crippen molar-refractivity contribution in [3.05, 3.63) is 36.0 Å². The van der Waals surface area contributed by atoms with Crippen molar-refractivity contribution in [1.29, 1.82) is 0 Å². The van der Waals surface area contributed by atoms with Gasteiger partial charge in [-0.1, -0.05) is 25.1 Å². The summed E-state index contributed by atoms with van der Waals surface area (Å²) in [4.78, 5) is 11.9. The molecular formula is C15H21N3O. The Morgan fingerprint density at radius 3 is 2.89 bits per heavy atom. The van der Waals surface area contributed by atoms with Gasteiger partial charge in [0.15, 0.2) is 0 Å². The van der Waals surface area contributed by atoms with Crippen LogP contribution in [0.5, 0.6) is 0 Å². The quantitative estimate of drug-likeness (QED) is 0.860. The second kappa shape index (κ2) is 5.89. The smallest absolute Gasteiger partial charge is 0.223 e. The number of carbonyl (C=O) groups is 1. The van der Waals surface area contributed by atoms with Crippen molar-refractivity contribution >= 4 is 16.8 Å². The Morgan fingerprint density at radius 1 is 1.42 bits per heavy atom. The van der Waals surface area contributed by atoms with E-state index in [0.717, 1.165) is 12.0 Å². The van der Waals surface area contributed by atoms with Gasteiger partial charge in [-0.05, 0) is 24.6 Å². The fraction of sp³-hybridized carbons (Fsp3) is 0.400. The van der Waals surface area contributed by atoms with E-state index in [4.69, 9.17) is 5.73 Å². The van der Waals surface area contributed by atoms with Crippen LogP contribution in [0, 0.1) is 5.92 Å². The van der Waals surface area contributed by atoms with E-state index in [1.54, 1.807) is 0 Å². The van der Waals surface area contributed by atoms with Gasteiger partial charge in [-0.3, -0.25) is 4.79 Å². The minimum absolute atomic E-state index is 0.0278. The monoisotopic (exact) mass is 259 g/mol. The van der Waals surface area contributed by atoms with Crippen molar-refractivity contribution in [1.82, 2.24) is 9.88 Å². The molecule has 2 rings (SSSR count). The third kappa shape index (κ3) is 2.96. The molecule has 0 saturated carbocycles. The normalized spacial score (nSPS) is 12.6.